The van der Waals surface area contributed by atoms with E-state index in [-0.39, 0.29) is 18.4 Å². The third-order valence-corrected chi connectivity index (χ3v) is 5.85. The largest absolute Gasteiger partial charge is 0.468 e. The molecule has 154 valence electrons. The Bertz CT molecular complexity index is 900. The van der Waals surface area contributed by atoms with Crippen LogP contribution >= 0.6 is 0 Å². The van der Waals surface area contributed by atoms with E-state index in [9.17, 15) is 9.90 Å². The van der Waals surface area contributed by atoms with Gasteiger partial charge in [-0.15, -0.1) is 0 Å². The van der Waals surface area contributed by atoms with Crippen molar-refractivity contribution in [1.82, 2.24) is 9.88 Å². The summed E-state index contributed by atoms with van der Waals surface area (Å²) in [5, 5.41) is 11.9. The minimum absolute atomic E-state index is 0.0167. The Hall–Kier alpha value is -3.18. The third-order valence-electron chi connectivity index (χ3n) is 5.85. The van der Waals surface area contributed by atoms with Crippen molar-refractivity contribution in [3.63, 3.8) is 0 Å². The van der Waals surface area contributed by atoms with Gasteiger partial charge in [0.1, 0.15) is 5.60 Å². The van der Waals surface area contributed by atoms with E-state index in [0.29, 0.717) is 19.0 Å². The van der Waals surface area contributed by atoms with Crippen LogP contribution < -0.4 is 4.74 Å². The second-order valence-electron chi connectivity index (χ2n) is 7.61. The number of aromatic nitrogens is 1. The first-order chi connectivity index (χ1) is 14.7. The first-order valence-electron chi connectivity index (χ1n) is 10.3. The molecule has 3 aromatic rings. The van der Waals surface area contributed by atoms with E-state index >= 15 is 0 Å². The van der Waals surface area contributed by atoms with E-state index in [1.54, 1.807) is 18.3 Å². The molecule has 0 bridgehead atoms. The normalized spacial score (nSPS) is 15.0. The van der Waals surface area contributed by atoms with Gasteiger partial charge in [-0.1, -0.05) is 66.7 Å². The van der Waals surface area contributed by atoms with Crippen LogP contribution in [0, 0.1) is 5.92 Å². The highest BCUT2D eigenvalue weighted by atomic mass is 16.5. The number of ether oxygens (including phenoxy) is 1. The molecule has 1 amide bonds. The number of likely N-dealkylation sites (tertiary alicyclic amines) is 1. The summed E-state index contributed by atoms with van der Waals surface area (Å²) in [5.41, 5.74) is 0.696. The van der Waals surface area contributed by atoms with Crippen LogP contribution in [0.5, 0.6) is 5.88 Å². The molecule has 1 saturated heterocycles. The maximum Gasteiger partial charge on any atom is 0.260 e. The number of aliphatic hydroxyl groups is 1. The van der Waals surface area contributed by atoms with Gasteiger partial charge in [-0.2, -0.15) is 0 Å². The quantitative estimate of drug-likeness (QED) is 0.684. The first kappa shape index (κ1) is 20.1. The number of amides is 1. The van der Waals surface area contributed by atoms with E-state index in [1.165, 1.54) is 0 Å². The summed E-state index contributed by atoms with van der Waals surface area (Å²) >= 11 is 0. The number of pyridine rings is 1. The van der Waals surface area contributed by atoms with Gasteiger partial charge in [0.25, 0.3) is 5.91 Å². The van der Waals surface area contributed by atoms with Crippen LogP contribution in [0.15, 0.2) is 85.1 Å². The standard InChI is InChI=1S/C25H26N2O3/c28-24(19-30-23-13-7-8-16-26-23)27-17-14-22(15-18-27)25(29,20-9-3-1-4-10-20)21-11-5-2-6-12-21/h1-13,16,22,29H,14-15,17-19H2. The number of hydrogen-bond acceptors (Lipinski definition) is 4. The smallest absolute Gasteiger partial charge is 0.260 e. The summed E-state index contributed by atoms with van der Waals surface area (Å²) in [6.45, 7) is 1.16. The SMILES string of the molecule is O=C(COc1ccccn1)N1CCC(C(O)(c2ccccc2)c2ccccc2)CC1. The minimum Gasteiger partial charge on any atom is -0.468 e. The number of piperidine rings is 1. The van der Waals surface area contributed by atoms with Crippen LogP contribution in [0.25, 0.3) is 0 Å². The molecule has 4 rings (SSSR count). The van der Waals surface area contributed by atoms with Gasteiger partial charge in [0.15, 0.2) is 6.61 Å². The van der Waals surface area contributed by atoms with Crippen molar-refractivity contribution in [3.05, 3.63) is 96.2 Å². The van der Waals surface area contributed by atoms with Crippen molar-refractivity contribution in [1.29, 1.82) is 0 Å². The fourth-order valence-electron chi connectivity index (χ4n) is 4.23. The van der Waals surface area contributed by atoms with E-state index < -0.39 is 5.60 Å². The molecule has 0 atom stereocenters. The van der Waals surface area contributed by atoms with E-state index in [1.807, 2.05) is 71.6 Å². The highest BCUT2D eigenvalue weighted by Gasteiger charge is 2.42. The molecule has 0 radical (unpaired) electrons. The lowest BCUT2D eigenvalue weighted by Gasteiger charge is -2.42. The molecule has 0 saturated carbocycles. The number of hydrogen-bond donors (Lipinski definition) is 1. The predicted octanol–water partition coefficient (Wildman–Crippen LogP) is 3.64. The molecule has 1 aliphatic heterocycles. The second-order valence-corrected chi connectivity index (χ2v) is 7.61. The zero-order chi connectivity index (χ0) is 20.8. The Balaban J connectivity index is 1.45. The van der Waals surface area contributed by atoms with Crippen molar-refractivity contribution in [2.75, 3.05) is 19.7 Å². The van der Waals surface area contributed by atoms with Crippen molar-refractivity contribution >= 4 is 5.91 Å². The monoisotopic (exact) mass is 402 g/mol. The van der Waals surface area contributed by atoms with Gasteiger partial charge < -0.3 is 14.7 Å². The second kappa shape index (κ2) is 9.09. The van der Waals surface area contributed by atoms with Gasteiger partial charge in [0.2, 0.25) is 5.88 Å². The first-order valence-corrected chi connectivity index (χ1v) is 10.3. The molecular formula is C25H26N2O3. The van der Waals surface area contributed by atoms with Gasteiger partial charge in [-0.3, -0.25) is 4.79 Å². The maximum absolute atomic E-state index is 12.6. The average molecular weight is 402 g/mol. The molecule has 30 heavy (non-hydrogen) atoms. The summed E-state index contributed by atoms with van der Waals surface area (Å²) in [5.74, 6) is 0.411. The Morgan fingerprint density at radius 2 is 1.50 bits per heavy atom. The van der Waals surface area contributed by atoms with E-state index in [2.05, 4.69) is 4.98 Å². The van der Waals surface area contributed by atoms with Crippen molar-refractivity contribution in [2.45, 2.75) is 18.4 Å². The minimum atomic E-state index is -1.08. The van der Waals surface area contributed by atoms with E-state index in [0.717, 1.165) is 24.0 Å². The third kappa shape index (κ3) is 4.21. The molecule has 0 aliphatic carbocycles. The Morgan fingerprint density at radius 3 is 2.03 bits per heavy atom. The predicted molar refractivity (Wildman–Crippen MR) is 115 cm³/mol. The van der Waals surface area contributed by atoms with Crippen molar-refractivity contribution in [2.24, 2.45) is 5.92 Å². The Morgan fingerprint density at radius 1 is 0.933 bits per heavy atom. The van der Waals surface area contributed by atoms with Crippen LogP contribution in [0.2, 0.25) is 0 Å². The van der Waals surface area contributed by atoms with Gasteiger partial charge in [-0.25, -0.2) is 4.98 Å². The van der Waals surface area contributed by atoms with E-state index in [4.69, 9.17) is 4.74 Å². The molecule has 5 heteroatoms. The molecule has 2 heterocycles. The lowest BCUT2D eigenvalue weighted by atomic mass is 9.72. The number of nitrogens with zero attached hydrogens (tertiary/aromatic N) is 2. The van der Waals surface area contributed by atoms with Crippen molar-refractivity contribution < 1.29 is 14.6 Å². The van der Waals surface area contributed by atoms with Crippen molar-refractivity contribution in [3.8, 4) is 5.88 Å². The van der Waals surface area contributed by atoms with Crippen LogP contribution in [-0.2, 0) is 10.4 Å². The summed E-state index contributed by atoms with van der Waals surface area (Å²) in [4.78, 5) is 18.5. The van der Waals surface area contributed by atoms with Gasteiger partial charge in [0.05, 0.1) is 0 Å². The zero-order valence-corrected chi connectivity index (χ0v) is 16.9. The fourth-order valence-corrected chi connectivity index (χ4v) is 4.23. The number of benzene rings is 2. The molecule has 1 aromatic heterocycles. The molecule has 1 aliphatic rings. The molecule has 1 N–H and O–H groups in total. The highest BCUT2D eigenvalue weighted by molar-refractivity contribution is 5.77. The molecule has 0 unspecified atom stereocenters. The summed E-state index contributed by atoms with van der Waals surface area (Å²) in [6.07, 6.45) is 3.07. The maximum atomic E-state index is 12.6. The molecule has 1 fully saturated rings. The summed E-state index contributed by atoms with van der Waals surface area (Å²) in [6, 6.07) is 25.0. The van der Waals surface area contributed by atoms with Crippen LogP contribution in [0.3, 0.4) is 0 Å². The summed E-state index contributed by atoms with van der Waals surface area (Å²) in [7, 11) is 0. The average Bonchev–Trinajstić information content (AvgIpc) is 2.84. The number of carbonyl (C=O) groups excluding carboxylic acids is 1. The molecule has 2 aromatic carbocycles. The lowest BCUT2D eigenvalue weighted by Crippen LogP contribution is -2.47. The van der Waals surface area contributed by atoms with Gasteiger partial charge >= 0.3 is 0 Å². The Labute approximate surface area is 177 Å². The Kier molecular flexibility index (Phi) is 6.10. The van der Waals surface area contributed by atoms with Gasteiger partial charge in [0, 0.05) is 25.4 Å². The van der Waals surface area contributed by atoms with Crippen LogP contribution in [0.1, 0.15) is 24.0 Å². The summed E-state index contributed by atoms with van der Waals surface area (Å²) < 4.78 is 5.50. The topological polar surface area (TPSA) is 62.7 Å². The number of carbonyl (C=O) groups is 1. The molecule has 5 nitrogen and oxygen atoms in total. The van der Waals surface area contributed by atoms with Gasteiger partial charge in [-0.05, 0) is 36.0 Å². The fraction of sp³-hybridized carbons (Fsp3) is 0.280. The zero-order valence-electron chi connectivity index (χ0n) is 16.9. The molecular weight excluding hydrogens is 376 g/mol. The highest BCUT2D eigenvalue weighted by Crippen LogP contribution is 2.41. The van der Waals surface area contributed by atoms with Crippen LogP contribution in [0.4, 0.5) is 0 Å². The molecule has 0 spiro atoms. The number of rotatable bonds is 6. The van der Waals surface area contributed by atoms with Crippen LogP contribution in [-0.4, -0.2) is 40.6 Å². The lowest BCUT2D eigenvalue weighted by molar-refractivity contribution is -0.136.